The number of nitrogens with zero attached hydrogens (tertiary/aromatic N) is 3. The van der Waals surface area contributed by atoms with E-state index in [4.69, 9.17) is 11.6 Å². The van der Waals surface area contributed by atoms with E-state index in [9.17, 15) is 0 Å². The molecule has 0 unspecified atom stereocenters. The second kappa shape index (κ2) is 8.18. The van der Waals surface area contributed by atoms with Gasteiger partial charge in [-0.3, -0.25) is 4.68 Å². The maximum atomic E-state index is 5.68. The Kier molecular flexibility index (Phi) is 7.27. The summed E-state index contributed by atoms with van der Waals surface area (Å²) in [7, 11) is 4.17. The SMILES string of the molecule is CCc1nn(C)c(CN(C)CCCCCCl)c1Br. The van der Waals surface area contributed by atoms with Crippen LogP contribution in [0.25, 0.3) is 0 Å². The van der Waals surface area contributed by atoms with Gasteiger partial charge in [-0.05, 0) is 48.8 Å². The fourth-order valence-corrected chi connectivity index (χ4v) is 2.91. The van der Waals surface area contributed by atoms with Crippen LogP contribution in [0.15, 0.2) is 4.47 Å². The number of hydrogen-bond acceptors (Lipinski definition) is 2. The lowest BCUT2D eigenvalue weighted by molar-refractivity contribution is 0.309. The molecule has 0 saturated carbocycles. The van der Waals surface area contributed by atoms with Gasteiger partial charge in [0.15, 0.2) is 0 Å². The van der Waals surface area contributed by atoms with Crippen molar-refractivity contribution in [2.75, 3.05) is 19.5 Å². The van der Waals surface area contributed by atoms with E-state index in [-0.39, 0.29) is 0 Å². The average molecular weight is 337 g/mol. The third kappa shape index (κ3) is 4.56. The topological polar surface area (TPSA) is 21.1 Å². The van der Waals surface area contributed by atoms with Gasteiger partial charge in [-0.25, -0.2) is 0 Å². The fourth-order valence-electron chi connectivity index (χ4n) is 1.98. The van der Waals surface area contributed by atoms with E-state index in [1.165, 1.54) is 23.0 Å². The zero-order valence-corrected chi connectivity index (χ0v) is 13.9. The predicted octanol–water partition coefficient (Wildman–Crippen LogP) is 3.59. The standard InChI is InChI=1S/C13H23BrClN3/c1-4-11-13(14)12(18(3)16-11)10-17(2)9-7-5-6-8-15/h4-10H2,1-3H3. The van der Waals surface area contributed by atoms with Gasteiger partial charge in [-0.2, -0.15) is 5.10 Å². The molecule has 0 atom stereocenters. The molecule has 0 N–H and O–H groups in total. The minimum absolute atomic E-state index is 0.775. The Morgan fingerprint density at radius 2 is 2.06 bits per heavy atom. The van der Waals surface area contributed by atoms with Crippen molar-refractivity contribution in [3.05, 3.63) is 15.9 Å². The van der Waals surface area contributed by atoms with Crippen LogP contribution < -0.4 is 0 Å². The van der Waals surface area contributed by atoms with Crippen molar-refractivity contribution in [1.82, 2.24) is 14.7 Å². The van der Waals surface area contributed by atoms with Crippen LogP contribution in [-0.2, 0) is 20.0 Å². The van der Waals surface area contributed by atoms with Gasteiger partial charge in [0.25, 0.3) is 0 Å². The summed E-state index contributed by atoms with van der Waals surface area (Å²) >= 11 is 9.33. The van der Waals surface area contributed by atoms with Crippen LogP contribution in [0.3, 0.4) is 0 Å². The molecular weight excluding hydrogens is 314 g/mol. The van der Waals surface area contributed by atoms with Gasteiger partial charge in [0, 0.05) is 19.5 Å². The Morgan fingerprint density at radius 1 is 1.33 bits per heavy atom. The Bertz CT molecular complexity index is 365. The predicted molar refractivity (Wildman–Crippen MR) is 81.2 cm³/mol. The first-order valence-electron chi connectivity index (χ1n) is 6.54. The number of aryl methyl sites for hydroxylation is 2. The quantitative estimate of drug-likeness (QED) is 0.534. The molecule has 0 aliphatic rings. The fraction of sp³-hybridized carbons (Fsp3) is 0.769. The van der Waals surface area contributed by atoms with Gasteiger partial charge in [-0.1, -0.05) is 13.3 Å². The molecule has 1 heterocycles. The molecule has 1 aromatic rings. The summed E-state index contributed by atoms with van der Waals surface area (Å²) in [5, 5.41) is 4.52. The highest BCUT2D eigenvalue weighted by atomic mass is 79.9. The van der Waals surface area contributed by atoms with E-state index < -0.39 is 0 Å². The number of hydrogen-bond donors (Lipinski definition) is 0. The van der Waals surface area contributed by atoms with Crippen LogP contribution in [0.2, 0.25) is 0 Å². The third-order valence-electron chi connectivity index (χ3n) is 3.10. The first-order valence-corrected chi connectivity index (χ1v) is 7.87. The molecule has 18 heavy (non-hydrogen) atoms. The molecule has 5 heteroatoms. The van der Waals surface area contributed by atoms with Gasteiger partial charge in [0.1, 0.15) is 0 Å². The van der Waals surface area contributed by atoms with Crippen molar-refractivity contribution in [2.45, 2.75) is 39.2 Å². The molecule has 0 radical (unpaired) electrons. The van der Waals surface area contributed by atoms with Crippen molar-refractivity contribution in [2.24, 2.45) is 7.05 Å². The maximum Gasteiger partial charge on any atom is 0.0767 e. The molecular formula is C13H23BrClN3. The first-order chi connectivity index (χ1) is 8.60. The molecule has 0 fully saturated rings. The Labute approximate surface area is 124 Å². The monoisotopic (exact) mass is 335 g/mol. The lowest BCUT2D eigenvalue weighted by Crippen LogP contribution is -2.21. The number of alkyl halides is 1. The summed E-state index contributed by atoms with van der Waals surface area (Å²) < 4.78 is 3.15. The number of halogens is 2. The van der Waals surface area contributed by atoms with Crippen molar-refractivity contribution in [3.63, 3.8) is 0 Å². The molecule has 1 aromatic heterocycles. The average Bonchev–Trinajstić information content (AvgIpc) is 2.62. The molecule has 0 aromatic carbocycles. The van der Waals surface area contributed by atoms with Crippen LogP contribution in [0.5, 0.6) is 0 Å². The zero-order valence-electron chi connectivity index (χ0n) is 11.5. The molecule has 0 bridgehead atoms. The van der Waals surface area contributed by atoms with Crippen molar-refractivity contribution in [1.29, 1.82) is 0 Å². The van der Waals surface area contributed by atoms with E-state index >= 15 is 0 Å². The van der Waals surface area contributed by atoms with Gasteiger partial charge in [-0.15, -0.1) is 11.6 Å². The summed E-state index contributed by atoms with van der Waals surface area (Å²) in [5.74, 6) is 0.775. The van der Waals surface area contributed by atoms with Crippen LogP contribution in [0, 0.1) is 0 Å². The summed E-state index contributed by atoms with van der Waals surface area (Å²) in [6.45, 7) is 4.17. The van der Waals surface area contributed by atoms with Crippen LogP contribution in [-0.4, -0.2) is 34.2 Å². The minimum Gasteiger partial charge on any atom is -0.301 e. The van der Waals surface area contributed by atoms with Crippen LogP contribution in [0.1, 0.15) is 37.6 Å². The Balaban J connectivity index is 2.48. The zero-order chi connectivity index (χ0) is 13.5. The van der Waals surface area contributed by atoms with E-state index in [0.717, 1.165) is 37.5 Å². The Hall–Kier alpha value is -0.0600. The molecule has 0 amide bonds. The van der Waals surface area contributed by atoms with E-state index in [0.29, 0.717) is 0 Å². The number of rotatable bonds is 8. The second-order valence-corrected chi connectivity index (χ2v) is 5.84. The minimum atomic E-state index is 0.775. The summed E-state index contributed by atoms with van der Waals surface area (Å²) in [6.07, 6.45) is 4.50. The largest absolute Gasteiger partial charge is 0.301 e. The highest BCUT2D eigenvalue weighted by Crippen LogP contribution is 2.22. The lowest BCUT2D eigenvalue weighted by atomic mass is 10.2. The normalized spacial score (nSPS) is 11.4. The van der Waals surface area contributed by atoms with Crippen LogP contribution in [0.4, 0.5) is 0 Å². The summed E-state index contributed by atoms with van der Waals surface area (Å²) in [4.78, 5) is 2.34. The molecule has 1 rings (SSSR count). The van der Waals surface area contributed by atoms with E-state index in [2.05, 4.69) is 39.9 Å². The molecule has 0 saturated heterocycles. The number of aromatic nitrogens is 2. The second-order valence-electron chi connectivity index (χ2n) is 4.67. The third-order valence-corrected chi connectivity index (χ3v) is 4.28. The van der Waals surface area contributed by atoms with Crippen molar-refractivity contribution in [3.8, 4) is 0 Å². The lowest BCUT2D eigenvalue weighted by Gasteiger charge is -2.16. The molecule has 0 spiro atoms. The molecule has 3 nitrogen and oxygen atoms in total. The van der Waals surface area contributed by atoms with E-state index in [1.807, 2.05) is 11.7 Å². The Morgan fingerprint density at radius 3 is 2.61 bits per heavy atom. The van der Waals surface area contributed by atoms with Gasteiger partial charge < -0.3 is 4.90 Å². The summed E-state index contributed by atoms with van der Waals surface area (Å²) in [5.41, 5.74) is 2.40. The highest BCUT2D eigenvalue weighted by Gasteiger charge is 2.13. The molecule has 0 aliphatic carbocycles. The summed E-state index contributed by atoms with van der Waals surface area (Å²) in [6, 6.07) is 0. The van der Waals surface area contributed by atoms with Gasteiger partial charge in [0.05, 0.1) is 15.9 Å². The van der Waals surface area contributed by atoms with Gasteiger partial charge in [0.2, 0.25) is 0 Å². The van der Waals surface area contributed by atoms with Crippen molar-refractivity contribution < 1.29 is 0 Å². The van der Waals surface area contributed by atoms with Gasteiger partial charge >= 0.3 is 0 Å². The maximum absolute atomic E-state index is 5.68. The molecule has 0 aliphatic heterocycles. The molecule has 104 valence electrons. The van der Waals surface area contributed by atoms with Crippen molar-refractivity contribution >= 4 is 27.5 Å². The van der Waals surface area contributed by atoms with Crippen LogP contribution >= 0.6 is 27.5 Å². The number of unbranched alkanes of at least 4 members (excludes halogenated alkanes) is 2. The van der Waals surface area contributed by atoms with E-state index in [1.54, 1.807) is 0 Å². The smallest absolute Gasteiger partial charge is 0.0767 e. The first kappa shape index (κ1) is 16.0. The highest BCUT2D eigenvalue weighted by molar-refractivity contribution is 9.10.